The molecule has 1 N–H and O–H groups in total. The lowest BCUT2D eigenvalue weighted by atomic mass is 10.1. The Kier molecular flexibility index (Phi) is 7.38. The summed E-state index contributed by atoms with van der Waals surface area (Å²) in [5.41, 5.74) is 1.65. The number of halogens is 1. The third-order valence-corrected chi connectivity index (χ3v) is 6.02. The Balaban J connectivity index is 1.67. The molecule has 0 unspecified atom stereocenters. The molecule has 1 amide bonds. The zero-order valence-electron chi connectivity index (χ0n) is 20.0. The highest BCUT2D eigenvalue weighted by Gasteiger charge is 2.24. The van der Waals surface area contributed by atoms with Crippen LogP contribution in [0.25, 0.3) is 22.3 Å². The maximum absolute atomic E-state index is 12.2. The van der Waals surface area contributed by atoms with Gasteiger partial charge < -0.3 is 19.7 Å². The monoisotopic (exact) mass is 483 g/mol. The molecule has 180 valence electrons. The molecular formula is C25H30ClN5O3. The molecule has 0 spiro atoms. The maximum atomic E-state index is 12.2. The highest BCUT2D eigenvalue weighted by atomic mass is 35.5. The van der Waals surface area contributed by atoms with Crippen LogP contribution in [0.1, 0.15) is 13.8 Å². The van der Waals surface area contributed by atoms with E-state index in [-0.39, 0.29) is 11.9 Å². The molecule has 3 aromatic rings. The van der Waals surface area contributed by atoms with E-state index >= 15 is 0 Å². The van der Waals surface area contributed by atoms with Crippen molar-refractivity contribution in [2.24, 2.45) is 0 Å². The van der Waals surface area contributed by atoms with Gasteiger partial charge in [-0.05, 0) is 44.2 Å². The van der Waals surface area contributed by atoms with E-state index in [1.54, 1.807) is 14.2 Å². The van der Waals surface area contributed by atoms with Crippen LogP contribution in [0.3, 0.4) is 0 Å². The van der Waals surface area contributed by atoms with Gasteiger partial charge in [-0.15, -0.1) is 0 Å². The number of rotatable bonds is 7. The van der Waals surface area contributed by atoms with Crippen LogP contribution in [0.4, 0.5) is 5.82 Å². The first kappa shape index (κ1) is 24.0. The van der Waals surface area contributed by atoms with Crippen molar-refractivity contribution in [2.75, 3.05) is 51.8 Å². The van der Waals surface area contributed by atoms with E-state index in [4.69, 9.17) is 31.0 Å². The number of anilines is 1. The molecule has 0 atom stereocenters. The second-order valence-corrected chi connectivity index (χ2v) is 9.02. The van der Waals surface area contributed by atoms with Gasteiger partial charge in [-0.25, -0.2) is 9.97 Å². The Morgan fingerprint density at radius 2 is 1.68 bits per heavy atom. The molecule has 1 fully saturated rings. The summed E-state index contributed by atoms with van der Waals surface area (Å²) in [5.74, 6) is 2.75. The fraction of sp³-hybridized carbons (Fsp3) is 0.400. The van der Waals surface area contributed by atoms with Crippen LogP contribution in [0.2, 0.25) is 5.02 Å². The predicted octanol–water partition coefficient (Wildman–Crippen LogP) is 3.61. The second-order valence-electron chi connectivity index (χ2n) is 8.59. The minimum atomic E-state index is 0.0535. The molecule has 34 heavy (non-hydrogen) atoms. The van der Waals surface area contributed by atoms with Gasteiger partial charge in [0.25, 0.3) is 0 Å². The first-order valence-corrected chi connectivity index (χ1v) is 11.7. The lowest BCUT2D eigenvalue weighted by Crippen LogP contribution is -2.50. The Hall–Kier alpha value is -3.10. The van der Waals surface area contributed by atoms with Gasteiger partial charge in [0, 0.05) is 54.3 Å². The fourth-order valence-electron chi connectivity index (χ4n) is 4.10. The molecule has 2 heterocycles. The maximum Gasteiger partial charge on any atom is 0.234 e. The highest BCUT2D eigenvalue weighted by Crippen LogP contribution is 2.36. The normalized spacial score (nSPS) is 14.5. The summed E-state index contributed by atoms with van der Waals surface area (Å²) < 4.78 is 11.0. The van der Waals surface area contributed by atoms with Gasteiger partial charge in [-0.1, -0.05) is 11.6 Å². The summed E-state index contributed by atoms with van der Waals surface area (Å²) >= 11 is 6.08. The Labute approximate surface area is 204 Å². The van der Waals surface area contributed by atoms with E-state index in [1.807, 2.05) is 50.2 Å². The summed E-state index contributed by atoms with van der Waals surface area (Å²) in [5, 5.41) is 4.51. The van der Waals surface area contributed by atoms with Gasteiger partial charge in [0.1, 0.15) is 5.82 Å². The SMILES string of the molecule is COc1cc2nc(-c3ccc(Cl)cc3)nc(N3CCN(CC(=O)NC(C)C)CC3)c2cc1OC. The molecule has 0 aliphatic carbocycles. The smallest absolute Gasteiger partial charge is 0.234 e. The number of amides is 1. The Morgan fingerprint density at radius 1 is 1.03 bits per heavy atom. The summed E-state index contributed by atoms with van der Waals surface area (Å²) in [6, 6.07) is 11.4. The summed E-state index contributed by atoms with van der Waals surface area (Å²) in [4.78, 5) is 26.4. The minimum absolute atomic E-state index is 0.0535. The van der Waals surface area contributed by atoms with Crippen molar-refractivity contribution < 1.29 is 14.3 Å². The standard InChI is InChI=1S/C25H30ClN5O3/c1-16(2)27-23(32)15-30-9-11-31(12-10-30)25-19-13-21(33-3)22(34-4)14-20(19)28-24(29-25)17-5-7-18(26)8-6-17/h5-8,13-14,16H,9-12,15H2,1-4H3,(H,27,32). The molecule has 0 saturated carbocycles. The average Bonchev–Trinajstić information content (AvgIpc) is 2.83. The summed E-state index contributed by atoms with van der Waals surface area (Å²) in [7, 11) is 3.23. The van der Waals surface area contributed by atoms with Crippen molar-refractivity contribution in [3.8, 4) is 22.9 Å². The van der Waals surface area contributed by atoms with Gasteiger partial charge in [-0.2, -0.15) is 0 Å². The number of fused-ring (bicyclic) bond motifs is 1. The van der Waals surface area contributed by atoms with Crippen molar-refractivity contribution in [1.82, 2.24) is 20.2 Å². The molecular weight excluding hydrogens is 454 g/mol. The molecule has 1 saturated heterocycles. The minimum Gasteiger partial charge on any atom is -0.493 e. The van der Waals surface area contributed by atoms with E-state index in [0.717, 1.165) is 48.5 Å². The Morgan fingerprint density at radius 3 is 2.29 bits per heavy atom. The van der Waals surface area contributed by atoms with Crippen molar-refractivity contribution in [3.05, 3.63) is 41.4 Å². The third kappa shape index (κ3) is 5.34. The van der Waals surface area contributed by atoms with Crippen LogP contribution in [0.15, 0.2) is 36.4 Å². The zero-order chi connectivity index (χ0) is 24.2. The zero-order valence-corrected chi connectivity index (χ0v) is 20.7. The van der Waals surface area contributed by atoms with Crippen molar-refractivity contribution in [1.29, 1.82) is 0 Å². The molecule has 1 aliphatic heterocycles. The number of aromatic nitrogens is 2. The first-order valence-electron chi connectivity index (χ1n) is 11.3. The fourth-order valence-corrected chi connectivity index (χ4v) is 4.22. The molecule has 8 nitrogen and oxygen atoms in total. The van der Waals surface area contributed by atoms with Crippen molar-refractivity contribution >= 4 is 34.2 Å². The number of carbonyl (C=O) groups excluding carboxylic acids is 1. The third-order valence-electron chi connectivity index (χ3n) is 5.77. The van der Waals surface area contributed by atoms with Gasteiger partial charge in [-0.3, -0.25) is 9.69 Å². The number of benzene rings is 2. The predicted molar refractivity (Wildman–Crippen MR) is 135 cm³/mol. The van der Waals surface area contributed by atoms with E-state index in [1.165, 1.54) is 0 Å². The van der Waals surface area contributed by atoms with Crippen molar-refractivity contribution in [3.63, 3.8) is 0 Å². The number of methoxy groups -OCH3 is 2. The number of hydrogen-bond donors (Lipinski definition) is 1. The molecule has 0 radical (unpaired) electrons. The largest absolute Gasteiger partial charge is 0.493 e. The molecule has 1 aromatic heterocycles. The van der Waals surface area contributed by atoms with Crippen molar-refractivity contribution in [2.45, 2.75) is 19.9 Å². The van der Waals surface area contributed by atoms with Crippen LogP contribution >= 0.6 is 11.6 Å². The lowest BCUT2D eigenvalue weighted by Gasteiger charge is -2.35. The van der Waals surface area contributed by atoms with Gasteiger partial charge >= 0.3 is 0 Å². The van der Waals surface area contributed by atoms with Crippen LogP contribution in [-0.4, -0.2) is 73.8 Å². The number of piperazine rings is 1. The Bertz CT molecular complexity index is 1160. The van der Waals surface area contributed by atoms with Crippen LogP contribution in [0, 0.1) is 0 Å². The molecule has 2 aromatic carbocycles. The van der Waals surface area contributed by atoms with E-state index in [2.05, 4.69) is 15.1 Å². The number of nitrogens with one attached hydrogen (secondary N) is 1. The number of carbonyl (C=O) groups is 1. The molecule has 9 heteroatoms. The molecule has 4 rings (SSSR count). The van der Waals surface area contributed by atoms with Gasteiger partial charge in [0.15, 0.2) is 17.3 Å². The van der Waals surface area contributed by atoms with E-state index in [9.17, 15) is 4.79 Å². The van der Waals surface area contributed by atoms with E-state index < -0.39 is 0 Å². The van der Waals surface area contributed by atoms with Crippen LogP contribution in [-0.2, 0) is 4.79 Å². The van der Waals surface area contributed by atoms with Gasteiger partial charge in [0.05, 0.1) is 26.3 Å². The second kappa shape index (κ2) is 10.4. The van der Waals surface area contributed by atoms with Gasteiger partial charge in [0.2, 0.25) is 5.91 Å². The lowest BCUT2D eigenvalue weighted by molar-refractivity contribution is -0.122. The number of hydrogen-bond acceptors (Lipinski definition) is 7. The van der Waals surface area contributed by atoms with Crippen LogP contribution < -0.4 is 19.7 Å². The number of nitrogens with zero attached hydrogens (tertiary/aromatic N) is 4. The van der Waals surface area contributed by atoms with E-state index in [0.29, 0.717) is 28.9 Å². The molecule has 0 bridgehead atoms. The molecule has 1 aliphatic rings. The average molecular weight is 484 g/mol. The summed E-state index contributed by atoms with van der Waals surface area (Å²) in [6.07, 6.45) is 0. The first-order chi connectivity index (χ1) is 16.4. The number of ether oxygens (including phenoxy) is 2. The van der Waals surface area contributed by atoms with Crippen LogP contribution in [0.5, 0.6) is 11.5 Å². The highest BCUT2D eigenvalue weighted by molar-refractivity contribution is 6.30. The quantitative estimate of drug-likeness (QED) is 0.549. The topological polar surface area (TPSA) is 79.8 Å². The summed E-state index contributed by atoms with van der Waals surface area (Å²) in [6.45, 7) is 7.36.